The van der Waals surface area contributed by atoms with Gasteiger partial charge in [0.25, 0.3) is 15.9 Å². The van der Waals surface area contributed by atoms with Crippen LogP contribution in [0.25, 0.3) is 10.2 Å². The zero-order valence-electron chi connectivity index (χ0n) is 18.2. The van der Waals surface area contributed by atoms with E-state index in [9.17, 15) is 13.2 Å². The van der Waals surface area contributed by atoms with E-state index in [1.54, 1.807) is 48.5 Å². The molecular formula is C24H23N3O4S2. The fraction of sp³-hybridized carbons (Fsp3) is 0.167. The number of sulfonamides is 1. The van der Waals surface area contributed by atoms with Gasteiger partial charge in [-0.15, -0.1) is 0 Å². The number of carbonyl (C=O) groups is 1. The van der Waals surface area contributed by atoms with Crippen molar-refractivity contribution in [3.05, 3.63) is 77.9 Å². The van der Waals surface area contributed by atoms with Crippen LogP contribution in [-0.4, -0.2) is 25.9 Å². The molecule has 0 atom stereocenters. The molecule has 4 aromatic rings. The van der Waals surface area contributed by atoms with Crippen molar-refractivity contribution in [2.24, 2.45) is 0 Å². The Bertz CT molecular complexity index is 1400. The monoisotopic (exact) mass is 481 g/mol. The first kappa shape index (κ1) is 22.8. The van der Waals surface area contributed by atoms with Crippen molar-refractivity contribution in [1.29, 1.82) is 0 Å². The highest BCUT2D eigenvalue weighted by atomic mass is 32.2. The molecule has 1 heterocycles. The molecule has 1 aromatic heterocycles. The predicted molar refractivity (Wildman–Crippen MR) is 132 cm³/mol. The van der Waals surface area contributed by atoms with E-state index in [1.807, 2.05) is 32.0 Å². The second-order valence-corrected chi connectivity index (χ2v) is 10.1. The summed E-state index contributed by atoms with van der Waals surface area (Å²) in [4.78, 5) is 17.4. The van der Waals surface area contributed by atoms with Gasteiger partial charge in [-0.3, -0.25) is 9.52 Å². The van der Waals surface area contributed by atoms with Gasteiger partial charge in [-0.05, 0) is 55.8 Å². The molecule has 1 amide bonds. The van der Waals surface area contributed by atoms with Crippen molar-refractivity contribution in [1.82, 2.24) is 4.98 Å². The molecule has 0 saturated heterocycles. The van der Waals surface area contributed by atoms with Gasteiger partial charge in [0, 0.05) is 5.56 Å². The van der Waals surface area contributed by atoms with E-state index in [-0.39, 0.29) is 15.9 Å². The number of nitrogens with one attached hydrogen (secondary N) is 2. The molecule has 0 fully saturated rings. The van der Waals surface area contributed by atoms with Crippen LogP contribution >= 0.6 is 11.3 Å². The lowest BCUT2D eigenvalue weighted by Gasteiger charge is -2.11. The highest BCUT2D eigenvalue weighted by molar-refractivity contribution is 7.93. The fourth-order valence-electron chi connectivity index (χ4n) is 3.10. The van der Waals surface area contributed by atoms with Crippen LogP contribution in [0.3, 0.4) is 0 Å². The summed E-state index contributed by atoms with van der Waals surface area (Å²) in [6.07, 6.45) is 0.861. The summed E-state index contributed by atoms with van der Waals surface area (Å²) in [5.74, 6) is 0.319. The molecule has 7 nitrogen and oxygen atoms in total. The van der Waals surface area contributed by atoms with Gasteiger partial charge in [0.05, 0.1) is 27.4 Å². The third kappa shape index (κ3) is 5.32. The van der Waals surface area contributed by atoms with Crippen molar-refractivity contribution in [2.75, 3.05) is 16.6 Å². The number of carbonyl (C=O) groups excluding carboxylic acids is 1. The second-order valence-electron chi connectivity index (χ2n) is 7.42. The smallest absolute Gasteiger partial charge is 0.263 e. The summed E-state index contributed by atoms with van der Waals surface area (Å²) in [6, 6.07) is 18.9. The number of aromatic nitrogens is 1. The van der Waals surface area contributed by atoms with Crippen molar-refractivity contribution < 1.29 is 17.9 Å². The normalized spacial score (nSPS) is 11.3. The SMILES string of the molecule is CCCOc1ccccc1NC(=O)c1ccc2nc(NS(=O)(=O)c3ccc(C)cc3)sc2c1. The number of anilines is 2. The summed E-state index contributed by atoms with van der Waals surface area (Å²) >= 11 is 1.17. The topological polar surface area (TPSA) is 97.4 Å². The maximum atomic E-state index is 12.8. The van der Waals surface area contributed by atoms with Gasteiger partial charge >= 0.3 is 0 Å². The van der Waals surface area contributed by atoms with Crippen LogP contribution < -0.4 is 14.8 Å². The van der Waals surface area contributed by atoms with E-state index >= 15 is 0 Å². The third-order valence-electron chi connectivity index (χ3n) is 4.80. The molecule has 0 aliphatic rings. The van der Waals surface area contributed by atoms with E-state index in [2.05, 4.69) is 15.0 Å². The van der Waals surface area contributed by atoms with E-state index in [0.29, 0.717) is 33.8 Å². The Morgan fingerprint density at radius 3 is 2.58 bits per heavy atom. The van der Waals surface area contributed by atoms with Crippen molar-refractivity contribution in [3.63, 3.8) is 0 Å². The standard InChI is InChI=1S/C24H23N3O4S2/c1-3-14-31-21-7-5-4-6-19(21)25-23(28)17-10-13-20-22(15-17)32-24(26-20)27-33(29,30)18-11-8-16(2)9-12-18/h4-13,15H,3,14H2,1-2H3,(H,25,28)(H,26,27). The van der Waals surface area contributed by atoms with Crippen molar-refractivity contribution in [2.45, 2.75) is 25.2 Å². The molecule has 3 aromatic carbocycles. The first-order chi connectivity index (χ1) is 15.9. The molecule has 0 unspecified atom stereocenters. The van der Waals surface area contributed by atoms with Gasteiger partial charge < -0.3 is 10.1 Å². The fourth-order valence-corrected chi connectivity index (χ4v) is 5.24. The molecular weight excluding hydrogens is 458 g/mol. The minimum absolute atomic E-state index is 0.163. The Kier molecular flexibility index (Phi) is 6.62. The number of amides is 1. The van der Waals surface area contributed by atoms with Crippen LogP contribution in [0.15, 0.2) is 71.6 Å². The molecule has 170 valence electrons. The van der Waals surface area contributed by atoms with Crippen LogP contribution in [0.2, 0.25) is 0 Å². The lowest BCUT2D eigenvalue weighted by Crippen LogP contribution is -2.13. The van der Waals surface area contributed by atoms with Gasteiger partial charge in [0.15, 0.2) is 5.13 Å². The lowest BCUT2D eigenvalue weighted by atomic mass is 10.2. The quantitative estimate of drug-likeness (QED) is 0.349. The number of nitrogens with zero attached hydrogens (tertiary/aromatic N) is 1. The molecule has 2 N–H and O–H groups in total. The van der Waals surface area contributed by atoms with E-state index in [1.165, 1.54) is 11.3 Å². The molecule has 0 radical (unpaired) electrons. The van der Waals surface area contributed by atoms with Crippen molar-refractivity contribution >= 4 is 48.3 Å². The first-order valence-corrected chi connectivity index (χ1v) is 12.7. The number of ether oxygens (including phenoxy) is 1. The Labute approximate surface area is 196 Å². The highest BCUT2D eigenvalue weighted by Crippen LogP contribution is 2.30. The Morgan fingerprint density at radius 1 is 1.06 bits per heavy atom. The molecule has 33 heavy (non-hydrogen) atoms. The minimum Gasteiger partial charge on any atom is -0.491 e. The third-order valence-corrected chi connectivity index (χ3v) is 7.22. The van der Waals surface area contributed by atoms with Gasteiger partial charge in [-0.1, -0.05) is 48.1 Å². The lowest BCUT2D eigenvalue weighted by molar-refractivity contribution is 0.102. The molecule has 0 saturated carbocycles. The molecule has 9 heteroatoms. The van der Waals surface area contributed by atoms with Crippen LogP contribution in [0, 0.1) is 6.92 Å². The maximum Gasteiger partial charge on any atom is 0.263 e. The number of fused-ring (bicyclic) bond motifs is 1. The van der Waals surface area contributed by atoms with Gasteiger partial charge in [-0.2, -0.15) is 0 Å². The summed E-state index contributed by atoms with van der Waals surface area (Å²) in [6.45, 7) is 4.46. The zero-order valence-corrected chi connectivity index (χ0v) is 19.8. The van der Waals surface area contributed by atoms with E-state index in [0.717, 1.165) is 12.0 Å². The summed E-state index contributed by atoms with van der Waals surface area (Å²) in [7, 11) is -3.75. The van der Waals surface area contributed by atoms with Crippen LogP contribution in [0.4, 0.5) is 10.8 Å². The highest BCUT2D eigenvalue weighted by Gasteiger charge is 2.17. The number of hydrogen-bond acceptors (Lipinski definition) is 6. The number of rotatable bonds is 8. The van der Waals surface area contributed by atoms with Gasteiger partial charge in [0.2, 0.25) is 0 Å². The molecule has 0 aliphatic heterocycles. The molecule has 0 bridgehead atoms. The average molecular weight is 482 g/mol. The number of benzene rings is 3. The second kappa shape index (κ2) is 9.60. The molecule has 4 rings (SSSR count). The van der Waals surface area contributed by atoms with Crippen LogP contribution in [0.5, 0.6) is 5.75 Å². The van der Waals surface area contributed by atoms with Gasteiger partial charge in [-0.25, -0.2) is 13.4 Å². The Hall–Kier alpha value is -3.43. The first-order valence-electron chi connectivity index (χ1n) is 10.4. The zero-order chi connectivity index (χ0) is 23.4. The summed E-state index contributed by atoms with van der Waals surface area (Å²) < 4.78 is 34.2. The summed E-state index contributed by atoms with van der Waals surface area (Å²) in [5, 5.41) is 3.12. The van der Waals surface area contributed by atoms with Gasteiger partial charge in [0.1, 0.15) is 5.75 Å². The number of thiazole rings is 1. The Balaban J connectivity index is 1.53. The van der Waals surface area contributed by atoms with E-state index < -0.39 is 10.0 Å². The molecule has 0 spiro atoms. The predicted octanol–water partition coefficient (Wildman–Crippen LogP) is 5.45. The molecule has 0 aliphatic carbocycles. The number of hydrogen-bond donors (Lipinski definition) is 2. The average Bonchev–Trinajstić information content (AvgIpc) is 3.19. The largest absolute Gasteiger partial charge is 0.491 e. The van der Waals surface area contributed by atoms with Crippen LogP contribution in [-0.2, 0) is 10.0 Å². The summed E-state index contributed by atoms with van der Waals surface area (Å²) in [5.41, 5.74) is 2.60. The van der Waals surface area contributed by atoms with Crippen molar-refractivity contribution in [3.8, 4) is 5.75 Å². The van der Waals surface area contributed by atoms with Crippen LogP contribution in [0.1, 0.15) is 29.3 Å². The number of aryl methyl sites for hydroxylation is 1. The Morgan fingerprint density at radius 2 is 1.82 bits per heavy atom. The maximum absolute atomic E-state index is 12.8. The minimum atomic E-state index is -3.75. The number of para-hydroxylation sites is 2. The van der Waals surface area contributed by atoms with E-state index in [4.69, 9.17) is 4.74 Å².